The quantitative estimate of drug-likeness (QED) is 0.427. The topological polar surface area (TPSA) is 46.2 Å². The van der Waals surface area contributed by atoms with Crippen molar-refractivity contribution in [2.75, 3.05) is 13.2 Å². The summed E-state index contributed by atoms with van der Waals surface area (Å²) in [7, 11) is 0. The van der Waals surface area contributed by atoms with E-state index in [1.807, 2.05) is 0 Å². The lowest BCUT2D eigenvalue weighted by Gasteiger charge is -1.94. The number of aliphatic hydroxyl groups excluding tert-OH is 1. The van der Waals surface area contributed by atoms with Crippen molar-refractivity contribution in [3.8, 4) is 0 Å². The van der Waals surface area contributed by atoms with E-state index < -0.39 is 0 Å². The predicted molar refractivity (Wildman–Crippen MR) is 57.6 cm³/mol. The predicted octanol–water partition coefficient (Wildman–Crippen LogP) is 2.22. The van der Waals surface area contributed by atoms with Crippen LogP contribution in [0.3, 0.4) is 0 Å². The van der Waals surface area contributed by atoms with E-state index in [4.69, 9.17) is 10.8 Å². The first-order valence-electron chi connectivity index (χ1n) is 5.37. The highest BCUT2D eigenvalue weighted by molar-refractivity contribution is 4.81. The molecule has 0 saturated heterocycles. The highest BCUT2D eigenvalue weighted by Crippen LogP contribution is 2.01. The standard InChI is InChI=1S/C11H23NO/c12-10-8-6-4-2-1-3-5-7-9-11-13/h1-2,13H,3-12H2/b2-1-. The zero-order valence-corrected chi connectivity index (χ0v) is 8.54. The van der Waals surface area contributed by atoms with Crippen molar-refractivity contribution < 1.29 is 5.11 Å². The number of nitrogens with two attached hydrogens (primary N) is 1. The maximum atomic E-state index is 8.54. The van der Waals surface area contributed by atoms with E-state index in [2.05, 4.69) is 12.2 Å². The Kier molecular flexibility index (Phi) is 11.4. The normalized spacial score (nSPS) is 11.2. The summed E-state index contributed by atoms with van der Waals surface area (Å²) in [5, 5.41) is 8.54. The molecular weight excluding hydrogens is 162 g/mol. The minimum Gasteiger partial charge on any atom is -0.396 e. The number of unbranched alkanes of at least 4 members (excludes halogenated alkanes) is 5. The van der Waals surface area contributed by atoms with Crippen LogP contribution in [0, 0.1) is 0 Å². The van der Waals surface area contributed by atoms with Crippen molar-refractivity contribution >= 4 is 0 Å². The average molecular weight is 185 g/mol. The van der Waals surface area contributed by atoms with E-state index >= 15 is 0 Å². The molecule has 0 aliphatic carbocycles. The third-order valence-electron chi connectivity index (χ3n) is 2.02. The van der Waals surface area contributed by atoms with Gasteiger partial charge in [-0.2, -0.15) is 0 Å². The second-order valence-corrected chi connectivity index (χ2v) is 3.33. The molecule has 0 unspecified atom stereocenters. The Hall–Kier alpha value is -0.340. The summed E-state index contributed by atoms with van der Waals surface area (Å²) in [6, 6.07) is 0. The Bertz CT molecular complexity index is 113. The molecule has 2 heteroatoms. The molecule has 0 aromatic heterocycles. The Morgan fingerprint density at radius 2 is 1.46 bits per heavy atom. The Morgan fingerprint density at radius 3 is 2.00 bits per heavy atom. The molecule has 2 nitrogen and oxygen atoms in total. The second kappa shape index (κ2) is 11.7. The maximum Gasteiger partial charge on any atom is 0.0431 e. The molecular formula is C11H23NO. The molecule has 0 heterocycles. The molecule has 13 heavy (non-hydrogen) atoms. The van der Waals surface area contributed by atoms with E-state index in [-0.39, 0.29) is 0 Å². The monoisotopic (exact) mass is 185 g/mol. The van der Waals surface area contributed by atoms with Gasteiger partial charge in [0, 0.05) is 6.61 Å². The first kappa shape index (κ1) is 12.7. The Balaban J connectivity index is 2.95. The van der Waals surface area contributed by atoms with Gasteiger partial charge in [0.15, 0.2) is 0 Å². The van der Waals surface area contributed by atoms with Crippen molar-refractivity contribution in [1.29, 1.82) is 0 Å². The first-order chi connectivity index (χ1) is 6.41. The van der Waals surface area contributed by atoms with Crippen molar-refractivity contribution in [2.24, 2.45) is 5.73 Å². The van der Waals surface area contributed by atoms with Crippen LogP contribution < -0.4 is 5.73 Å². The summed E-state index contributed by atoms with van der Waals surface area (Å²) in [6.07, 6.45) is 12.4. The summed E-state index contributed by atoms with van der Waals surface area (Å²) in [6.45, 7) is 1.14. The molecule has 0 atom stereocenters. The summed E-state index contributed by atoms with van der Waals surface area (Å²) in [5.74, 6) is 0. The van der Waals surface area contributed by atoms with Gasteiger partial charge in [0.2, 0.25) is 0 Å². The van der Waals surface area contributed by atoms with Crippen LogP contribution in [0.25, 0.3) is 0 Å². The van der Waals surface area contributed by atoms with Crippen LogP contribution >= 0.6 is 0 Å². The van der Waals surface area contributed by atoms with Crippen LogP contribution in [0.5, 0.6) is 0 Å². The zero-order chi connectivity index (χ0) is 9.78. The van der Waals surface area contributed by atoms with Crippen LogP contribution in [-0.4, -0.2) is 18.3 Å². The molecule has 78 valence electrons. The van der Waals surface area contributed by atoms with Gasteiger partial charge in [0.05, 0.1) is 0 Å². The fourth-order valence-corrected chi connectivity index (χ4v) is 1.19. The smallest absolute Gasteiger partial charge is 0.0431 e. The molecule has 0 amide bonds. The second-order valence-electron chi connectivity index (χ2n) is 3.33. The number of hydrogen-bond donors (Lipinski definition) is 2. The SMILES string of the molecule is NCCCC/C=C\CCCCCO. The molecule has 0 saturated carbocycles. The fourth-order valence-electron chi connectivity index (χ4n) is 1.19. The van der Waals surface area contributed by atoms with E-state index in [0.29, 0.717) is 6.61 Å². The highest BCUT2D eigenvalue weighted by Gasteiger charge is 1.85. The van der Waals surface area contributed by atoms with E-state index in [1.165, 1.54) is 12.8 Å². The summed E-state index contributed by atoms with van der Waals surface area (Å²) in [5.41, 5.74) is 5.38. The molecule has 0 aliphatic heterocycles. The molecule has 0 rings (SSSR count). The zero-order valence-electron chi connectivity index (χ0n) is 8.54. The van der Waals surface area contributed by atoms with E-state index in [9.17, 15) is 0 Å². The Labute approximate surface area is 81.8 Å². The largest absolute Gasteiger partial charge is 0.396 e. The van der Waals surface area contributed by atoms with Crippen molar-refractivity contribution in [3.05, 3.63) is 12.2 Å². The summed E-state index contributed by atoms with van der Waals surface area (Å²) >= 11 is 0. The molecule has 3 N–H and O–H groups in total. The van der Waals surface area contributed by atoms with Gasteiger partial charge in [-0.05, 0) is 45.1 Å². The third kappa shape index (κ3) is 11.7. The van der Waals surface area contributed by atoms with Gasteiger partial charge in [0.25, 0.3) is 0 Å². The van der Waals surface area contributed by atoms with Crippen molar-refractivity contribution in [2.45, 2.75) is 44.9 Å². The minimum atomic E-state index is 0.334. The number of allylic oxidation sites excluding steroid dienone is 2. The average Bonchev–Trinajstić information content (AvgIpc) is 2.16. The number of rotatable bonds is 9. The van der Waals surface area contributed by atoms with Gasteiger partial charge in [-0.25, -0.2) is 0 Å². The molecule has 0 radical (unpaired) electrons. The molecule has 0 fully saturated rings. The third-order valence-corrected chi connectivity index (χ3v) is 2.02. The fraction of sp³-hybridized carbons (Fsp3) is 0.818. The van der Waals surface area contributed by atoms with Crippen LogP contribution in [0.4, 0.5) is 0 Å². The van der Waals surface area contributed by atoms with E-state index in [0.717, 1.165) is 38.6 Å². The van der Waals surface area contributed by atoms with Gasteiger partial charge < -0.3 is 10.8 Å². The lowest BCUT2D eigenvalue weighted by atomic mass is 10.1. The maximum absolute atomic E-state index is 8.54. The van der Waals surface area contributed by atoms with Crippen LogP contribution in [0.2, 0.25) is 0 Å². The van der Waals surface area contributed by atoms with Crippen molar-refractivity contribution in [3.63, 3.8) is 0 Å². The molecule has 0 aromatic rings. The van der Waals surface area contributed by atoms with Gasteiger partial charge in [-0.1, -0.05) is 18.6 Å². The molecule has 0 aliphatic rings. The van der Waals surface area contributed by atoms with Crippen LogP contribution in [-0.2, 0) is 0 Å². The number of hydrogen-bond acceptors (Lipinski definition) is 2. The highest BCUT2D eigenvalue weighted by atomic mass is 16.2. The molecule has 0 aromatic carbocycles. The lowest BCUT2D eigenvalue weighted by molar-refractivity contribution is 0.283. The van der Waals surface area contributed by atoms with Gasteiger partial charge >= 0.3 is 0 Å². The van der Waals surface area contributed by atoms with Crippen molar-refractivity contribution in [1.82, 2.24) is 0 Å². The summed E-state index contributed by atoms with van der Waals surface area (Å²) < 4.78 is 0. The summed E-state index contributed by atoms with van der Waals surface area (Å²) in [4.78, 5) is 0. The lowest BCUT2D eigenvalue weighted by Crippen LogP contribution is -1.96. The van der Waals surface area contributed by atoms with Crippen LogP contribution in [0.1, 0.15) is 44.9 Å². The first-order valence-corrected chi connectivity index (χ1v) is 5.37. The van der Waals surface area contributed by atoms with E-state index in [1.54, 1.807) is 0 Å². The number of aliphatic hydroxyl groups is 1. The molecule has 0 bridgehead atoms. The Morgan fingerprint density at radius 1 is 0.846 bits per heavy atom. The van der Waals surface area contributed by atoms with Gasteiger partial charge in [0.1, 0.15) is 0 Å². The molecule has 0 spiro atoms. The van der Waals surface area contributed by atoms with Gasteiger partial charge in [-0.3, -0.25) is 0 Å². The minimum absolute atomic E-state index is 0.334. The van der Waals surface area contributed by atoms with Gasteiger partial charge in [-0.15, -0.1) is 0 Å². The van der Waals surface area contributed by atoms with Crippen LogP contribution in [0.15, 0.2) is 12.2 Å².